The van der Waals surface area contributed by atoms with Gasteiger partial charge in [0, 0.05) is 50.3 Å². The zero-order valence-electron chi connectivity index (χ0n) is 15.1. The van der Waals surface area contributed by atoms with Gasteiger partial charge < -0.3 is 15.0 Å². The molecule has 1 fully saturated rings. The average molecular weight is 396 g/mol. The summed E-state index contributed by atoms with van der Waals surface area (Å²) in [6.07, 6.45) is 4.46. The summed E-state index contributed by atoms with van der Waals surface area (Å²) < 4.78 is 6.75. The number of guanidine groups is 1. The number of nitrogens with one attached hydrogen (secondary N) is 1. The van der Waals surface area contributed by atoms with Crippen LogP contribution in [0.2, 0.25) is 0 Å². The second kappa shape index (κ2) is 9.42. The fraction of sp³-hybridized carbons (Fsp3) is 0.632. The molecule has 5 heteroatoms. The van der Waals surface area contributed by atoms with Gasteiger partial charge >= 0.3 is 0 Å². The molecular formula is C19H30BrN3O. The van der Waals surface area contributed by atoms with Gasteiger partial charge in [-0.15, -0.1) is 0 Å². The first-order chi connectivity index (χ1) is 11.6. The van der Waals surface area contributed by atoms with E-state index in [1.165, 1.54) is 18.4 Å². The molecule has 1 saturated heterocycles. The Hall–Kier alpha value is -1.07. The Balaban J connectivity index is 2.10. The van der Waals surface area contributed by atoms with Gasteiger partial charge in [0.15, 0.2) is 5.96 Å². The van der Waals surface area contributed by atoms with Gasteiger partial charge in [-0.1, -0.05) is 41.4 Å². The number of aliphatic imine (C=N–C) groups is 1. The second-order valence-corrected chi connectivity index (χ2v) is 7.49. The molecule has 1 aliphatic rings. The summed E-state index contributed by atoms with van der Waals surface area (Å²) >= 11 is 3.54. The van der Waals surface area contributed by atoms with Crippen molar-refractivity contribution in [2.45, 2.75) is 38.0 Å². The lowest BCUT2D eigenvalue weighted by molar-refractivity contribution is 0.0512. The molecule has 1 heterocycles. The van der Waals surface area contributed by atoms with Crippen LogP contribution in [-0.4, -0.2) is 51.3 Å². The summed E-state index contributed by atoms with van der Waals surface area (Å²) in [6, 6.07) is 8.74. The van der Waals surface area contributed by atoms with Gasteiger partial charge in [0.1, 0.15) is 0 Å². The lowest BCUT2D eigenvalue weighted by Crippen LogP contribution is -2.48. The first-order valence-electron chi connectivity index (χ1n) is 8.87. The van der Waals surface area contributed by atoms with Gasteiger partial charge in [0.05, 0.1) is 0 Å². The molecule has 134 valence electrons. The van der Waals surface area contributed by atoms with Crippen molar-refractivity contribution in [3.63, 3.8) is 0 Å². The second-order valence-electron chi connectivity index (χ2n) is 6.58. The van der Waals surface area contributed by atoms with Crippen LogP contribution in [0, 0.1) is 0 Å². The number of hydrogen-bond donors (Lipinski definition) is 1. The smallest absolute Gasteiger partial charge is 0.193 e. The molecule has 1 N–H and O–H groups in total. The van der Waals surface area contributed by atoms with E-state index in [4.69, 9.17) is 4.74 Å². The molecule has 1 aliphatic heterocycles. The molecule has 0 atom stereocenters. The lowest BCUT2D eigenvalue weighted by Gasteiger charge is -2.39. The third-order valence-electron chi connectivity index (χ3n) is 4.91. The highest BCUT2D eigenvalue weighted by Gasteiger charge is 2.34. The standard InChI is InChI=1S/C19H30BrN3O/c1-4-5-12-23(3)18(21-2)22-15-19(10-13-24-14-11-19)16-6-8-17(20)9-7-16/h6-9H,4-5,10-15H2,1-3H3,(H,21,22). The molecule has 1 aromatic rings. The van der Waals surface area contributed by atoms with E-state index in [0.29, 0.717) is 0 Å². The normalized spacial score (nSPS) is 17.6. The Bertz CT molecular complexity index is 524. The van der Waals surface area contributed by atoms with Crippen molar-refractivity contribution in [2.24, 2.45) is 4.99 Å². The zero-order chi connectivity index (χ0) is 17.4. The molecule has 0 aromatic heterocycles. The molecule has 1 aromatic carbocycles. The van der Waals surface area contributed by atoms with Crippen LogP contribution in [0.25, 0.3) is 0 Å². The van der Waals surface area contributed by atoms with Crippen molar-refractivity contribution in [1.29, 1.82) is 0 Å². The van der Waals surface area contributed by atoms with E-state index < -0.39 is 0 Å². The van der Waals surface area contributed by atoms with Crippen LogP contribution in [0.3, 0.4) is 0 Å². The van der Waals surface area contributed by atoms with E-state index in [0.717, 1.165) is 49.6 Å². The molecule has 24 heavy (non-hydrogen) atoms. The minimum absolute atomic E-state index is 0.112. The topological polar surface area (TPSA) is 36.9 Å². The van der Waals surface area contributed by atoms with E-state index >= 15 is 0 Å². The van der Waals surface area contributed by atoms with Gasteiger partial charge in [-0.3, -0.25) is 4.99 Å². The molecule has 4 nitrogen and oxygen atoms in total. The van der Waals surface area contributed by atoms with Crippen molar-refractivity contribution >= 4 is 21.9 Å². The average Bonchev–Trinajstić information content (AvgIpc) is 2.61. The zero-order valence-corrected chi connectivity index (χ0v) is 16.7. The Labute approximate surface area is 154 Å². The minimum Gasteiger partial charge on any atom is -0.381 e. The van der Waals surface area contributed by atoms with Crippen LogP contribution < -0.4 is 5.32 Å². The number of halogens is 1. The first kappa shape index (κ1) is 19.3. The minimum atomic E-state index is 0.112. The molecule has 0 aliphatic carbocycles. The Kier molecular flexibility index (Phi) is 7.56. The van der Waals surface area contributed by atoms with Crippen LogP contribution in [0.4, 0.5) is 0 Å². The third-order valence-corrected chi connectivity index (χ3v) is 5.44. The van der Waals surface area contributed by atoms with Crippen molar-refractivity contribution in [1.82, 2.24) is 10.2 Å². The molecular weight excluding hydrogens is 366 g/mol. The lowest BCUT2D eigenvalue weighted by atomic mass is 9.74. The number of unbranched alkanes of at least 4 members (excludes halogenated alkanes) is 1. The number of ether oxygens (including phenoxy) is 1. The predicted molar refractivity (Wildman–Crippen MR) is 105 cm³/mol. The van der Waals surface area contributed by atoms with E-state index in [2.05, 4.69) is 69.4 Å². The van der Waals surface area contributed by atoms with Crippen molar-refractivity contribution in [2.75, 3.05) is 40.4 Å². The fourth-order valence-electron chi connectivity index (χ4n) is 3.27. The number of hydrogen-bond acceptors (Lipinski definition) is 2. The predicted octanol–water partition coefficient (Wildman–Crippen LogP) is 3.80. The van der Waals surface area contributed by atoms with Crippen LogP contribution in [-0.2, 0) is 10.2 Å². The summed E-state index contributed by atoms with van der Waals surface area (Å²) in [7, 11) is 3.97. The maximum absolute atomic E-state index is 5.63. The summed E-state index contributed by atoms with van der Waals surface area (Å²) in [6.45, 7) is 5.78. The van der Waals surface area contributed by atoms with E-state index in [9.17, 15) is 0 Å². The van der Waals surface area contributed by atoms with Gasteiger partial charge in [0.25, 0.3) is 0 Å². The Morgan fingerprint density at radius 2 is 1.96 bits per heavy atom. The quantitative estimate of drug-likeness (QED) is 0.587. The van der Waals surface area contributed by atoms with Crippen molar-refractivity contribution in [3.8, 4) is 0 Å². The van der Waals surface area contributed by atoms with Gasteiger partial charge in [-0.2, -0.15) is 0 Å². The summed E-state index contributed by atoms with van der Waals surface area (Å²) in [5.41, 5.74) is 1.49. The van der Waals surface area contributed by atoms with Crippen LogP contribution in [0.5, 0.6) is 0 Å². The maximum Gasteiger partial charge on any atom is 0.193 e. The van der Waals surface area contributed by atoms with Gasteiger partial charge in [-0.25, -0.2) is 0 Å². The van der Waals surface area contributed by atoms with Crippen molar-refractivity contribution in [3.05, 3.63) is 34.3 Å². The SMILES string of the molecule is CCCCN(C)C(=NC)NCC1(c2ccc(Br)cc2)CCOCC1. The largest absolute Gasteiger partial charge is 0.381 e. The number of nitrogens with zero attached hydrogens (tertiary/aromatic N) is 2. The highest BCUT2D eigenvalue weighted by molar-refractivity contribution is 9.10. The molecule has 0 amide bonds. The first-order valence-corrected chi connectivity index (χ1v) is 9.66. The van der Waals surface area contributed by atoms with E-state index in [1.54, 1.807) is 0 Å². The van der Waals surface area contributed by atoms with Gasteiger partial charge in [-0.05, 0) is 37.0 Å². The number of rotatable bonds is 6. The molecule has 0 radical (unpaired) electrons. The Morgan fingerprint density at radius 3 is 2.54 bits per heavy atom. The van der Waals surface area contributed by atoms with Crippen LogP contribution in [0.1, 0.15) is 38.2 Å². The van der Waals surface area contributed by atoms with Crippen LogP contribution >= 0.6 is 15.9 Å². The summed E-state index contributed by atoms with van der Waals surface area (Å²) in [5, 5.41) is 3.61. The fourth-order valence-corrected chi connectivity index (χ4v) is 3.53. The third kappa shape index (κ3) is 4.96. The number of benzene rings is 1. The summed E-state index contributed by atoms with van der Waals surface area (Å²) in [4.78, 5) is 6.68. The molecule has 0 unspecified atom stereocenters. The monoisotopic (exact) mass is 395 g/mol. The van der Waals surface area contributed by atoms with E-state index in [1.807, 2.05) is 7.05 Å². The van der Waals surface area contributed by atoms with Crippen LogP contribution in [0.15, 0.2) is 33.7 Å². The maximum atomic E-state index is 5.63. The van der Waals surface area contributed by atoms with Gasteiger partial charge in [0.2, 0.25) is 0 Å². The summed E-state index contributed by atoms with van der Waals surface area (Å²) in [5.74, 6) is 0.978. The molecule has 0 bridgehead atoms. The highest BCUT2D eigenvalue weighted by atomic mass is 79.9. The Morgan fingerprint density at radius 1 is 1.29 bits per heavy atom. The highest BCUT2D eigenvalue weighted by Crippen LogP contribution is 2.35. The van der Waals surface area contributed by atoms with E-state index in [-0.39, 0.29) is 5.41 Å². The molecule has 2 rings (SSSR count). The molecule has 0 spiro atoms. The molecule has 0 saturated carbocycles. The van der Waals surface area contributed by atoms with Crippen molar-refractivity contribution < 1.29 is 4.74 Å².